The first-order valence-corrected chi connectivity index (χ1v) is 129. The van der Waals surface area contributed by atoms with E-state index in [2.05, 4.69) is 58.6 Å². The zero-order chi connectivity index (χ0) is 49.6. The second-order valence-corrected chi connectivity index (χ2v) is 178. The Morgan fingerprint density at radius 2 is 0.500 bits per heavy atom. The first kappa shape index (κ1) is 81.1. The highest BCUT2D eigenvalue weighted by atomic mass is 30.1. The van der Waals surface area contributed by atoms with E-state index >= 15 is 0 Å². The number of hydrogen-bond acceptors (Lipinski definition) is 4. The third-order valence-corrected chi connectivity index (χ3v) is 245. The van der Waals surface area contributed by atoms with Gasteiger partial charge < -0.3 is 18.4 Å². The lowest BCUT2D eigenvalue weighted by Crippen LogP contribution is -2.64. The van der Waals surface area contributed by atoms with Crippen LogP contribution < -0.4 is 0 Å². The van der Waals surface area contributed by atoms with Crippen LogP contribution in [0.4, 0.5) is 0 Å². The Hall–Kier alpha value is 13.1. The predicted octanol–water partition coefficient (Wildman–Crippen LogP) is -24.4. The van der Waals surface area contributed by atoms with Gasteiger partial charge in [-0.3, -0.25) is 0 Å². The standard InChI is InChI=1S/C3H3O4Si61/c4-2(15-27-39-51-63-57-45-33-21-9,16-28-40-52-64-58-46-34-22-10)6-68(5-1-14-26-38-50-62-56-44-32-20-8)7-3(17-29-41-53-65-59-47-35-23-11,18-30-42-54-66-60-48-36-24-12)19-31-43-55-67-61-49-37-25-13/h4H,1H2. The van der Waals surface area contributed by atoms with Crippen molar-refractivity contribution in [1.82, 2.24) is 0 Å². The van der Waals surface area contributed by atoms with E-state index in [1.165, 1.54) is 171 Å². The lowest BCUT2D eigenvalue weighted by atomic mass is 11.4. The van der Waals surface area contributed by atoms with Crippen LogP contribution in [0.1, 0.15) is 0 Å². The average Bonchev–Trinajstić information content (AvgIpc) is 3.33. The first-order chi connectivity index (χ1) is 33.4. The van der Waals surface area contributed by atoms with E-state index in [0.29, 0.717) is 18.1 Å². The van der Waals surface area contributed by atoms with Crippen molar-refractivity contribution in [2.45, 2.75) is 9.50 Å². The largest absolute Gasteiger partial charge is 0.578 e. The van der Waals surface area contributed by atoms with Crippen LogP contribution in [0, 0.1) is 0 Å². The smallest absolute Gasteiger partial charge is 0.377 e. The van der Waals surface area contributed by atoms with Crippen LogP contribution in [0.2, 0.25) is 0 Å². The van der Waals surface area contributed by atoms with Gasteiger partial charge in [-0.05, 0) is 0 Å². The molecule has 283 valence electrons. The molecule has 0 aliphatic carbocycles. The van der Waals surface area contributed by atoms with Gasteiger partial charge in [-0.1, -0.05) is 0 Å². The van der Waals surface area contributed by atoms with Crippen LogP contribution in [0.3, 0.4) is 0 Å². The molecule has 0 amide bonds. The second kappa shape index (κ2) is 67.6. The van der Waals surface area contributed by atoms with Crippen LogP contribution in [0.25, 0.3) is 0 Å². The van der Waals surface area contributed by atoms with Crippen molar-refractivity contribution in [3.63, 3.8) is 0 Å². The van der Waals surface area contributed by atoms with Crippen molar-refractivity contribution in [3.05, 3.63) is 0 Å². The average molecular weight is 1820 g/mol. The fourth-order valence-corrected chi connectivity index (χ4v) is 333. The minimum absolute atomic E-state index is 0.0338. The van der Waals surface area contributed by atoms with E-state index in [-0.39, 0.29) is 4.47 Å². The van der Waals surface area contributed by atoms with E-state index in [9.17, 15) is 5.11 Å². The van der Waals surface area contributed by atoms with Crippen molar-refractivity contribution in [2.24, 2.45) is 0 Å². The van der Waals surface area contributed by atoms with Gasteiger partial charge in [0.2, 0.25) is 0 Å². The Bertz CT molecular complexity index is 869. The molecule has 0 aliphatic heterocycles. The molecule has 65 heteroatoms. The van der Waals surface area contributed by atoms with Gasteiger partial charge in [0.25, 0.3) is 0 Å². The summed E-state index contributed by atoms with van der Waals surface area (Å²) >= 11 is 0. The molecule has 0 bridgehead atoms. The Morgan fingerprint density at radius 1 is 0.279 bits per heavy atom. The Balaban J connectivity index is 6.47. The summed E-state index contributed by atoms with van der Waals surface area (Å²) < 4.78 is 22.1. The van der Waals surface area contributed by atoms with Gasteiger partial charge in [-0.25, -0.2) is 0 Å². The third kappa shape index (κ3) is 59.4. The second-order valence-electron chi connectivity index (χ2n) is 8.87. The van der Waals surface area contributed by atoms with Crippen molar-refractivity contribution < 1.29 is 18.4 Å². The van der Waals surface area contributed by atoms with E-state index in [0.717, 1.165) is 282 Å². The maximum atomic E-state index is 12.8. The summed E-state index contributed by atoms with van der Waals surface area (Å²) in [6.45, 7) is 0. The van der Waals surface area contributed by atoms with Crippen LogP contribution in [0.15, 0.2) is 0 Å². The summed E-state index contributed by atoms with van der Waals surface area (Å²) in [6.07, 6.45) is 0.793. The van der Waals surface area contributed by atoms with Gasteiger partial charge in [-0.15, -0.1) is 0 Å². The summed E-state index contributed by atoms with van der Waals surface area (Å²) in [4.78, 5) is 0. The topological polar surface area (TPSA) is 47.9 Å². The van der Waals surface area contributed by atoms with Crippen LogP contribution in [0.5, 0.6) is 0 Å². The molecule has 0 aliphatic rings. The van der Waals surface area contributed by atoms with Gasteiger partial charge >= 0.3 is 9.53 Å². The molecular weight excluding hydrogens is 1810 g/mol. The molecule has 0 rings (SSSR count). The molecular formula is C3H3O4Si61. The molecule has 4 nitrogen and oxygen atoms in total. The summed E-state index contributed by atoms with van der Waals surface area (Å²) in [5, 5.41) is 11.8. The van der Waals surface area contributed by atoms with Crippen molar-refractivity contribution in [2.75, 3.05) is 6.23 Å². The number of aliphatic hydroxyl groups is 1. The molecule has 1 N–H and O–H groups in total. The summed E-state index contributed by atoms with van der Waals surface area (Å²) in [5.74, 6) is 0. The van der Waals surface area contributed by atoms with Gasteiger partial charge in [0.1, 0.15) is 5.03 Å². The summed E-state index contributed by atoms with van der Waals surface area (Å²) in [6, 6.07) is 0. The van der Waals surface area contributed by atoms with Gasteiger partial charge in [0, 0.05) is 507 Å². The fraction of sp³-hybridized carbons (Fsp3) is 1.00. The fourth-order valence-electron chi connectivity index (χ4n) is 2.47. The maximum Gasteiger partial charge on any atom is 0.578 e. The monoisotopic (exact) mass is 1810 g/mol. The summed E-state index contributed by atoms with van der Waals surface area (Å²) in [5.41, 5.74) is 0. The number of rotatable bonds is 60. The molecule has 0 saturated carbocycles. The van der Waals surface area contributed by atoms with Gasteiger partial charge in [-0.2, -0.15) is 0 Å². The van der Waals surface area contributed by atoms with E-state index < -0.39 is 14.6 Å². The maximum absolute atomic E-state index is 12.8. The van der Waals surface area contributed by atoms with Crippen molar-refractivity contribution in [3.8, 4) is 0 Å². The molecule has 127 radical (unpaired) electrons. The Labute approximate surface area is 557 Å². The summed E-state index contributed by atoms with van der Waals surface area (Å²) in [7, 11) is 78.4. The highest BCUT2D eigenvalue weighted by Gasteiger charge is 2.42. The molecule has 0 unspecified atom stereocenters. The lowest BCUT2D eigenvalue weighted by molar-refractivity contribution is -0.0406. The van der Waals surface area contributed by atoms with Gasteiger partial charge in [0.15, 0.2) is 0 Å². The van der Waals surface area contributed by atoms with Gasteiger partial charge in [0.05, 0.1) is 27.1 Å². The van der Waals surface area contributed by atoms with E-state index in [1.54, 1.807) is 0 Å². The molecule has 0 saturated heterocycles. The van der Waals surface area contributed by atoms with Crippen molar-refractivity contribution in [1.29, 1.82) is 0 Å². The minimum atomic E-state index is -2.09. The molecule has 0 heterocycles. The molecule has 0 aromatic carbocycles. The third-order valence-electron chi connectivity index (χ3n) is 4.62. The molecule has 0 aromatic heterocycles. The Morgan fingerprint density at radius 3 is 0.765 bits per heavy atom. The highest BCUT2D eigenvalue weighted by Crippen LogP contribution is 2.14. The van der Waals surface area contributed by atoms with Crippen molar-refractivity contribution >= 4 is 533 Å². The quantitative estimate of drug-likeness (QED) is 0.0375. The van der Waals surface area contributed by atoms with Crippen LogP contribution >= 0.6 is 0 Å². The molecule has 0 fully saturated rings. The zero-order valence-corrected chi connectivity index (χ0v) is 94.9. The SMILES string of the molecule is OC(O[Si](OC[Si][Si][Si][Si][Si][Si][Si][Si][Si][Si])OC([Si][Si][Si][Si][Si][Si][Si][Si][Si][Si])([Si][Si][Si][Si][Si][Si][Si][Si][Si][Si])[Si][Si][Si][Si][Si][Si][Si][Si][Si][Si])([Si][Si][Si][Si][Si][Si][Si][Si][Si][Si])[Si][Si][Si][Si][Si][Si][Si][Si][Si][Si]. The lowest BCUT2D eigenvalue weighted by Gasteiger charge is -2.38. The van der Waals surface area contributed by atoms with Crippen LogP contribution in [-0.4, -0.2) is 554 Å². The van der Waals surface area contributed by atoms with E-state index in [1.807, 2.05) is 0 Å². The molecule has 68 heavy (non-hydrogen) atoms. The minimum Gasteiger partial charge on any atom is -0.377 e. The molecule has 0 aromatic rings. The zero-order valence-electron chi connectivity index (χ0n) is 33.9. The number of hydrogen-bond donors (Lipinski definition) is 1. The van der Waals surface area contributed by atoms with E-state index in [4.69, 9.17) is 13.3 Å². The normalized spacial score (nSPS) is 12.4. The highest BCUT2D eigenvalue weighted by molar-refractivity contribution is 7.74. The molecule has 0 atom stereocenters. The Kier molecular flexibility index (Phi) is 80.6. The predicted molar refractivity (Wildman–Crippen MR) is 367 cm³/mol. The first-order valence-electron chi connectivity index (χ1n) is 16.6. The van der Waals surface area contributed by atoms with Crippen LogP contribution in [-0.2, 0) is 13.3 Å². The molecule has 0 spiro atoms.